The number of sulfonamides is 1. The second-order valence-corrected chi connectivity index (χ2v) is 15.3. The normalized spacial score (nSPS) is 22.7. The molecule has 1 aliphatic heterocycles. The summed E-state index contributed by atoms with van der Waals surface area (Å²) < 4.78 is 46.1. The molecular formula is C36H53N3O8S. The molecule has 0 radical (unpaired) electrons. The predicted molar refractivity (Wildman–Crippen MR) is 185 cm³/mol. The first-order chi connectivity index (χ1) is 22.9. The third-order valence-electron chi connectivity index (χ3n) is 9.50. The van der Waals surface area contributed by atoms with Gasteiger partial charge in [-0.2, -0.15) is 4.31 Å². The molecule has 0 spiro atoms. The van der Waals surface area contributed by atoms with E-state index in [-0.39, 0.29) is 54.3 Å². The number of aliphatic hydroxyl groups is 1. The van der Waals surface area contributed by atoms with Gasteiger partial charge in [-0.3, -0.25) is 9.59 Å². The van der Waals surface area contributed by atoms with Gasteiger partial charge in [0.1, 0.15) is 11.5 Å². The van der Waals surface area contributed by atoms with Crippen molar-refractivity contribution in [3.8, 4) is 11.5 Å². The van der Waals surface area contributed by atoms with E-state index in [1.807, 2.05) is 13.8 Å². The van der Waals surface area contributed by atoms with Gasteiger partial charge in [0.25, 0.3) is 5.91 Å². The van der Waals surface area contributed by atoms with Crippen LogP contribution in [0.5, 0.6) is 11.5 Å². The molecule has 0 aromatic heterocycles. The van der Waals surface area contributed by atoms with Crippen molar-refractivity contribution in [2.45, 2.75) is 95.3 Å². The molecule has 12 heteroatoms. The molecule has 2 amide bonds. The van der Waals surface area contributed by atoms with E-state index >= 15 is 0 Å². The number of rotatable bonds is 9. The fourth-order valence-electron chi connectivity index (χ4n) is 6.35. The molecule has 4 rings (SSSR count). The minimum absolute atomic E-state index is 0.0415. The van der Waals surface area contributed by atoms with Gasteiger partial charge < -0.3 is 29.5 Å². The number of likely N-dealkylation sites (N-methyl/N-ethyl adjacent to an activating group) is 1. The van der Waals surface area contributed by atoms with Crippen molar-refractivity contribution >= 4 is 27.5 Å². The number of nitrogens with one attached hydrogen (secondary N) is 1. The number of aliphatic hydroxyl groups excluding tert-OH is 1. The Morgan fingerprint density at radius 2 is 1.75 bits per heavy atom. The number of carbonyl (C=O) groups excluding carboxylic acids is 2. The quantitative estimate of drug-likeness (QED) is 0.362. The van der Waals surface area contributed by atoms with Gasteiger partial charge in [0, 0.05) is 44.3 Å². The number of amides is 2. The van der Waals surface area contributed by atoms with E-state index in [4.69, 9.17) is 14.2 Å². The second kappa shape index (κ2) is 17.5. The average molecular weight is 688 g/mol. The maximum absolute atomic E-state index is 14.4. The molecular weight excluding hydrogens is 634 g/mol. The topological polar surface area (TPSA) is 135 Å². The van der Waals surface area contributed by atoms with Crippen molar-refractivity contribution in [2.75, 3.05) is 45.8 Å². The van der Waals surface area contributed by atoms with Crippen LogP contribution >= 0.6 is 0 Å². The largest absolute Gasteiger partial charge is 0.497 e. The molecule has 11 nitrogen and oxygen atoms in total. The van der Waals surface area contributed by atoms with E-state index in [0.717, 1.165) is 51.4 Å². The number of fused-ring (bicyclic) bond motifs is 1. The zero-order chi connectivity index (χ0) is 34.8. The predicted octanol–water partition coefficient (Wildman–Crippen LogP) is 5.33. The molecule has 2 aromatic rings. The summed E-state index contributed by atoms with van der Waals surface area (Å²) in [4.78, 5) is 29.2. The van der Waals surface area contributed by atoms with Crippen molar-refractivity contribution in [3.63, 3.8) is 0 Å². The molecule has 0 unspecified atom stereocenters. The van der Waals surface area contributed by atoms with Crippen molar-refractivity contribution in [2.24, 2.45) is 11.8 Å². The first-order valence-electron chi connectivity index (χ1n) is 17.2. The highest BCUT2D eigenvalue weighted by atomic mass is 32.2. The number of hydrogen-bond donors (Lipinski definition) is 2. The lowest BCUT2D eigenvalue weighted by Crippen LogP contribution is -2.48. The summed E-state index contributed by atoms with van der Waals surface area (Å²) in [5.41, 5.74) is 0.816. The minimum atomic E-state index is -3.84. The summed E-state index contributed by atoms with van der Waals surface area (Å²) in [5, 5.41) is 13.3. The Morgan fingerprint density at radius 3 is 2.42 bits per heavy atom. The first-order valence-corrected chi connectivity index (χ1v) is 18.6. The van der Waals surface area contributed by atoms with Gasteiger partial charge in [-0.1, -0.05) is 26.2 Å². The number of carbonyl (C=O) groups is 2. The Morgan fingerprint density at radius 1 is 1.06 bits per heavy atom. The highest BCUT2D eigenvalue weighted by Gasteiger charge is 2.33. The SMILES string of the molecule is COc1ccc(S(=O)(=O)N(C)C[C@@H]2OCCCC[C@@H](C)Oc3ccc(NC(=O)C4CCCCC4)cc3C(=O)N([C@H](C)CO)C[C@@H]2C)cc1. The van der Waals surface area contributed by atoms with Crippen LogP contribution in [0.25, 0.3) is 0 Å². The Kier molecular flexibility index (Phi) is 13.7. The molecule has 2 aromatic carbocycles. The Labute approximate surface area is 286 Å². The molecule has 1 aliphatic carbocycles. The number of ether oxygens (including phenoxy) is 3. The number of nitrogens with zero attached hydrogens (tertiary/aromatic N) is 2. The number of benzene rings is 2. The Balaban J connectivity index is 1.62. The van der Waals surface area contributed by atoms with Crippen LogP contribution in [0.1, 0.15) is 82.5 Å². The standard InChI is InChI=1S/C36H53N3O8S/c1-25-22-39(26(2)24-40)36(42)32-21-29(37-35(41)28-12-7-6-8-13-28)14-19-33(32)47-27(3)11-9-10-20-46-34(25)23-38(4)48(43,44)31-17-15-30(45-5)16-18-31/h14-19,21,25-28,34,40H,6-13,20,22-24H2,1-5H3,(H,37,41)/t25-,26+,27+,34-/m0/s1. The van der Waals surface area contributed by atoms with Crippen LogP contribution in [-0.2, 0) is 19.6 Å². The molecule has 1 heterocycles. The van der Waals surface area contributed by atoms with Crippen molar-refractivity contribution < 1.29 is 37.3 Å². The van der Waals surface area contributed by atoms with Crippen LogP contribution in [0, 0.1) is 11.8 Å². The molecule has 1 fully saturated rings. The summed E-state index contributed by atoms with van der Waals surface area (Å²) in [6.07, 6.45) is 6.48. The summed E-state index contributed by atoms with van der Waals surface area (Å²) in [5.74, 6) is 0.227. The Hall–Kier alpha value is -3.19. The molecule has 266 valence electrons. The van der Waals surface area contributed by atoms with Crippen molar-refractivity contribution in [3.05, 3.63) is 48.0 Å². The lowest BCUT2D eigenvalue weighted by molar-refractivity contribution is -0.120. The van der Waals surface area contributed by atoms with Crippen molar-refractivity contribution in [1.82, 2.24) is 9.21 Å². The van der Waals surface area contributed by atoms with Crippen LogP contribution in [0.2, 0.25) is 0 Å². The van der Waals surface area contributed by atoms with Crippen LogP contribution in [0.3, 0.4) is 0 Å². The highest BCUT2D eigenvalue weighted by molar-refractivity contribution is 7.89. The lowest BCUT2D eigenvalue weighted by atomic mass is 9.88. The van der Waals surface area contributed by atoms with Crippen LogP contribution < -0.4 is 14.8 Å². The van der Waals surface area contributed by atoms with Crippen LogP contribution in [0.15, 0.2) is 47.4 Å². The van der Waals surface area contributed by atoms with Gasteiger partial charge in [0.2, 0.25) is 15.9 Å². The molecule has 48 heavy (non-hydrogen) atoms. The van der Waals surface area contributed by atoms with Gasteiger partial charge in [-0.05, 0) is 88.4 Å². The highest BCUT2D eigenvalue weighted by Crippen LogP contribution is 2.30. The minimum Gasteiger partial charge on any atom is -0.497 e. The summed E-state index contributed by atoms with van der Waals surface area (Å²) in [7, 11) is -0.788. The maximum atomic E-state index is 14.4. The van der Waals surface area contributed by atoms with E-state index in [1.165, 1.54) is 30.6 Å². The molecule has 2 N–H and O–H groups in total. The van der Waals surface area contributed by atoms with E-state index < -0.39 is 22.2 Å². The number of anilines is 1. The first kappa shape index (κ1) is 37.6. The third-order valence-corrected chi connectivity index (χ3v) is 11.3. The van der Waals surface area contributed by atoms with Crippen molar-refractivity contribution in [1.29, 1.82) is 0 Å². The summed E-state index contributed by atoms with van der Waals surface area (Å²) >= 11 is 0. The zero-order valence-electron chi connectivity index (χ0n) is 29.0. The summed E-state index contributed by atoms with van der Waals surface area (Å²) in [6, 6.07) is 10.9. The smallest absolute Gasteiger partial charge is 0.258 e. The molecule has 2 aliphatic rings. The van der Waals surface area contributed by atoms with Crippen LogP contribution in [-0.4, -0.2) is 93.3 Å². The maximum Gasteiger partial charge on any atom is 0.258 e. The monoisotopic (exact) mass is 687 g/mol. The van der Waals surface area contributed by atoms with Gasteiger partial charge in [0.05, 0.1) is 42.4 Å². The average Bonchev–Trinajstić information content (AvgIpc) is 3.09. The molecule has 1 saturated carbocycles. The molecule has 4 atom stereocenters. The van der Waals surface area contributed by atoms with Gasteiger partial charge >= 0.3 is 0 Å². The van der Waals surface area contributed by atoms with E-state index in [2.05, 4.69) is 5.32 Å². The van der Waals surface area contributed by atoms with Gasteiger partial charge in [0.15, 0.2) is 0 Å². The Bertz CT molecular complexity index is 1460. The van der Waals surface area contributed by atoms with Gasteiger partial charge in [-0.25, -0.2) is 8.42 Å². The van der Waals surface area contributed by atoms with E-state index in [1.54, 1.807) is 42.2 Å². The number of hydrogen-bond acceptors (Lipinski definition) is 8. The van der Waals surface area contributed by atoms with E-state index in [0.29, 0.717) is 29.4 Å². The van der Waals surface area contributed by atoms with Gasteiger partial charge in [-0.15, -0.1) is 0 Å². The zero-order valence-corrected chi connectivity index (χ0v) is 29.8. The lowest BCUT2D eigenvalue weighted by Gasteiger charge is -2.35. The second-order valence-electron chi connectivity index (χ2n) is 13.3. The summed E-state index contributed by atoms with van der Waals surface area (Å²) in [6.45, 7) is 6.05. The fraction of sp³-hybridized carbons (Fsp3) is 0.611. The van der Waals surface area contributed by atoms with E-state index in [9.17, 15) is 23.1 Å². The third kappa shape index (κ3) is 9.71. The van der Waals surface area contributed by atoms with Crippen LogP contribution in [0.4, 0.5) is 5.69 Å². The number of methoxy groups -OCH3 is 1. The fourth-order valence-corrected chi connectivity index (χ4v) is 7.53. The molecule has 0 bridgehead atoms. The molecule has 0 saturated heterocycles.